The van der Waals surface area contributed by atoms with E-state index in [0.29, 0.717) is 18.5 Å². The van der Waals surface area contributed by atoms with Crippen molar-refractivity contribution in [3.8, 4) is 0 Å². The number of nitrogens with zero attached hydrogens (tertiary/aromatic N) is 3. The molecular formula is C13H11FN4O. The Morgan fingerprint density at radius 3 is 3.05 bits per heavy atom. The lowest BCUT2D eigenvalue weighted by molar-refractivity contribution is 0.0733. The summed E-state index contributed by atoms with van der Waals surface area (Å²) < 4.78 is 13.1. The Kier molecular flexibility index (Phi) is 2.83. The smallest absolute Gasteiger partial charge is 0.272 e. The highest BCUT2D eigenvalue weighted by Gasteiger charge is 2.24. The number of hydrazine groups is 1. The van der Waals surface area contributed by atoms with Gasteiger partial charge in [-0.15, -0.1) is 5.11 Å². The molecule has 1 fully saturated rings. The summed E-state index contributed by atoms with van der Waals surface area (Å²) in [5.74, 6) is -0.676. The van der Waals surface area contributed by atoms with Gasteiger partial charge in [-0.25, -0.2) is 4.39 Å². The van der Waals surface area contributed by atoms with Gasteiger partial charge in [0.25, 0.3) is 5.91 Å². The average molecular weight is 258 g/mol. The van der Waals surface area contributed by atoms with Crippen molar-refractivity contribution in [2.45, 2.75) is 6.42 Å². The molecule has 0 aromatic heterocycles. The summed E-state index contributed by atoms with van der Waals surface area (Å²) in [6.07, 6.45) is 4.05. The van der Waals surface area contributed by atoms with Gasteiger partial charge in [0, 0.05) is 18.5 Å². The van der Waals surface area contributed by atoms with Crippen molar-refractivity contribution in [3.63, 3.8) is 0 Å². The molecule has 2 heterocycles. The summed E-state index contributed by atoms with van der Waals surface area (Å²) >= 11 is 0. The molecule has 5 nitrogen and oxygen atoms in total. The fourth-order valence-corrected chi connectivity index (χ4v) is 2.01. The second kappa shape index (κ2) is 4.64. The van der Waals surface area contributed by atoms with E-state index >= 15 is 0 Å². The van der Waals surface area contributed by atoms with Gasteiger partial charge < -0.3 is 0 Å². The minimum Gasteiger partial charge on any atom is -0.298 e. The number of azo groups is 1. The summed E-state index contributed by atoms with van der Waals surface area (Å²) in [4.78, 5) is 12.2. The molecule has 3 rings (SSSR count). The zero-order valence-electron chi connectivity index (χ0n) is 10.0. The number of carbonyl (C=O) groups excluding carboxylic acids is 1. The highest BCUT2D eigenvalue weighted by Crippen LogP contribution is 2.20. The van der Waals surface area contributed by atoms with E-state index in [4.69, 9.17) is 0 Å². The van der Waals surface area contributed by atoms with Crippen LogP contribution in [-0.4, -0.2) is 17.5 Å². The first kappa shape index (κ1) is 11.6. The number of halogens is 1. The number of allylic oxidation sites excluding steroid dienone is 1. The monoisotopic (exact) mass is 258 g/mol. The number of amides is 1. The number of hydrogen-bond acceptors (Lipinski definition) is 4. The maximum atomic E-state index is 13.1. The largest absolute Gasteiger partial charge is 0.298 e. The second-order valence-electron chi connectivity index (χ2n) is 4.22. The first-order valence-electron chi connectivity index (χ1n) is 5.89. The van der Waals surface area contributed by atoms with Crippen molar-refractivity contribution in [1.82, 2.24) is 10.4 Å². The van der Waals surface area contributed by atoms with Crippen LogP contribution in [0.3, 0.4) is 0 Å². The molecule has 2 aliphatic heterocycles. The SMILES string of the molecule is O=C(c1cccc(F)c1)N1CCC(=C2C=CN=N2)N1. The van der Waals surface area contributed by atoms with E-state index in [1.807, 2.05) is 0 Å². The van der Waals surface area contributed by atoms with Gasteiger partial charge in [0.2, 0.25) is 0 Å². The first-order chi connectivity index (χ1) is 9.24. The minimum atomic E-state index is -0.420. The van der Waals surface area contributed by atoms with E-state index in [9.17, 15) is 9.18 Å². The van der Waals surface area contributed by atoms with Gasteiger partial charge in [-0.05, 0) is 24.3 Å². The van der Waals surface area contributed by atoms with E-state index < -0.39 is 5.82 Å². The zero-order valence-corrected chi connectivity index (χ0v) is 10.0. The van der Waals surface area contributed by atoms with Gasteiger partial charge >= 0.3 is 0 Å². The summed E-state index contributed by atoms with van der Waals surface area (Å²) in [6.45, 7) is 0.525. The molecule has 0 atom stereocenters. The highest BCUT2D eigenvalue weighted by atomic mass is 19.1. The molecule has 0 saturated carbocycles. The summed E-state index contributed by atoms with van der Waals surface area (Å²) in [5, 5.41) is 9.13. The van der Waals surface area contributed by atoms with Crippen LogP contribution in [0.25, 0.3) is 0 Å². The Morgan fingerprint density at radius 1 is 1.42 bits per heavy atom. The number of rotatable bonds is 1. The third kappa shape index (κ3) is 2.24. The average Bonchev–Trinajstić information content (AvgIpc) is 3.08. The molecule has 96 valence electrons. The fourth-order valence-electron chi connectivity index (χ4n) is 2.01. The van der Waals surface area contributed by atoms with Crippen LogP contribution < -0.4 is 5.43 Å². The molecule has 6 heteroatoms. The van der Waals surface area contributed by atoms with Crippen molar-refractivity contribution >= 4 is 5.91 Å². The number of hydrogen-bond donors (Lipinski definition) is 1. The molecule has 0 bridgehead atoms. The molecule has 1 N–H and O–H groups in total. The van der Waals surface area contributed by atoms with E-state index in [1.54, 1.807) is 18.3 Å². The summed E-state index contributed by atoms with van der Waals surface area (Å²) in [6, 6.07) is 5.65. The van der Waals surface area contributed by atoms with Crippen LogP contribution in [0, 0.1) is 5.82 Å². The zero-order chi connectivity index (χ0) is 13.2. The number of nitrogens with one attached hydrogen (secondary N) is 1. The van der Waals surface area contributed by atoms with Crippen LogP contribution in [0.4, 0.5) is 4.39 Å². The van der Waals surface area contributed by atoms with Crippen molar-refractivity contribution in [3.05, 3.63) is 59.3 Å². The van der Waals surface area contributed by atoms with Gasteiger partial charge in [-0.3, -0.25) is 15.2 Å². The Labute approximate surface area is 109 Å². The molecule has 1 aromatic carbocycles. The van der Waals surface area contributed by atoms with Gasteiger partial charge in [-0.1, -0.05) is 6.07 Å². The predicted octanol–water partition coefficient (Wildman–Crippen LogP) is 2.37. The highest BCUT2D eigenvalue weighted by molar-refractivity contribution is 5.94. The van der Waals surface area contributed by atoms with Gasteiger partial charge in [0.05, 0.1) is 11.9 Å². The molecule has 0 spiro atoms. The van der Waals surface area contributed by atoms with Crippen molar-refractivity contribution < 1.29 is 9.18 Å². The predicted molar refractivity (Wildman–Crippen MR) is 66.2 cm³/mol. The Hall–Kier alpha value is -2.50. The molecule has 0 aliphatic carbocycles. The molecule has 1 amide bonds. The van der Waals surface area contributed by atoms with Gasteiger partial charge in [-0.2, -0.15) is 5.11 Å². The lowest BCUT2D eigenvalue weighted by Crippen LogP contribution is -2.36. The van der Waals surface area contributed by atoms with Crippen LogP contribution in [0.5, 0.6) is 0 Å². The van der Waals surface area contributed by atoms with E-state index in [-0.39, 0.29) is 5.91 Å². The normalized spacial score (nSPS) is 21.0. The standard InChI is InChI=1S/C13H11FN4O/c14-10-3-1-2-9(8-10)13(19)18-7-5-12(17-18)11-4-6-15-16-11/h1-4,6,8,17H,5,7H2. The minimum absolute atomic E-state index is 0.256. The van der Waals surface area contributed by atoms with Crippen molar-refractivity contribution in [2.75, 3.05) is 6.54 Å². The first-order valence-corrected chi connectivity index (χ1v) is 5.89. The third-order valence-electron chi connectivity index (χ3n) is 2.95. The Bertz CT molecular complexity index is 607. The van der Waals surface area contributed by atoms with Crippen LogP contribution in [0.15, 0.2) is 58.2 Å². The number of benzene rings is 1. The maximum absolute atomic E-state index is 13.1. The van der Waals surface area contributed by atoms with Crippen LogP contribution in [-0.2, 0) is 0 Å². The fraction of sp³-hybridized carbons (Fsp3) is 0.154. The summed E-state index contributed by atoms with van der Waals surface area (Å²) in [7, 11) is 0. The van der Waals surface area contributed by atoms with E-state index in [0.717, 1.165) is 11.4 Å². The number of carbonyl (C=O) groups is 1. The van der Waals surface area contributed by atoms with Gasteiger partial charge in [0.15, 0.2) is 0 Å². The second-order valence-corrected chi connectivity index (χ2v) is 4.22. The van der Waals surface area contributed by atoms with E-state index in [2.05, 4.69) is 15.7 Å². The molecule has 19 heavy (non-hydrogen) atoms. The molecule has 0 unspecified atom stereocenters. The van der Waals surface area contributed by atoms with Gasteiger partial charge in [0.1, 0.15) is 11.5 Å². The third-order valence-corrected chi connectivity index (χ3v) is 2.95. The quantitative estimate of drug-likeness (QED) is 0.840. The van der Waals surface area contributed by atoms with Crippen LogP contribution in [0.1, 0.15) is 16.8 Å². The van der Waals surface area contributed by atoms with Crippen molar-refractivity contribution in [2.24, 2.45) is 10.2 Å². The van der Waals surface area contributed by atoms with E-state index in [1.165, 1.54) is 23.2 Å². The lowest BCUT2D eigenvalue weighted by atomic mass is 10.2. The maximum Gasteiger partial charge on any atom is 0.272 e. The van der Waals surface area contributed by atoms with Crippen LogP contribution >= 0.6 is 0 Å². The van der Waals surface area contributed by atoms with Crippen LogP contribution in [0.2, 0.25) is 0 Å². The molecule has 1 saturated heterocycles. The lowest BCUT2D eigenvalue weighted by Gasteiger charge is -2.16. The molecule has 2 aliphatic rings. The molecule has 0 radical (unpaired) electrons. The summed E-state index contributed by atoms with van der Waals surface area (Å²) in [5.41, 5.74) is 4.89. The van der Waals surface area contributed by atoms with Crippen molar-refractivity contribution in [1.29, 1.82) is 0 Å². The molecule has 1 aromatic rings. The Morgan fingerprint density at radius 2 is 2.32 bits per heavy atom. The molecular weight excluding hydrogens is 247 g/mol. The topological polar surface area (TPSA) is 57.1 Å². The Balaban J connectivity index is 1.78.